The van der Waals surface area contributed by atoms with Gasteiger partial charge in [0.1, 0.15) is 5.82 Å². The molecule has 1 aromatic heterocycles. The zero-order chi connectivity index (χ0) is 13.7. The normalized spacial score (nSPS) is 10.4. The average molecular weight is 259 g/mol. The van der Waals surface area contributed by atoms with Crippen LogP contribution >= 0.6 is 0 Å². The molecule has 0 saturated heterocycles. The van der Waals surface area contributed by atoms with Gasteiger partial charge in [0.15, 0.2) is 5.82 Å². The molecule has 0 saturated carbocycles. The van der Waals surface area contributed by atoms with Gasteiger partial charge in [0.2, 0.25) is 5.91 Å². The molecule has 0 aliphatic heterocycles. The molecular weight excluding hydrogens is 242 g/mol. The van der Waals surface area contributed by atoms with Gasteiger partial charge in [0.25, 0.3) is 0 Å². The fourth-order valence-corrected chi connectivity index (χ4v) is 1.65. The predicted octanol–water partition coefficient (Wildman–Crippen LogP) is 1.33. The molecule has 6 nitrogen and oxygen atoms in total. The Balaban J connectivity index is 2.09. The molecular formula is C13H17N5O. The largest absolute Gasteiger partial charge is 0.325 e. The van der Waals surface area contributed by atoms with E-state index in [9.17, 15) is 4.79 Å². The second-order valence-electron chi connectivity index (χ2n) is 4.15. The Labute approximate surface area is 111 Å². The number of benzene rings is 1. The number of H-pyrrole nitrogens is 1. The van der Waals surface area contributed by atoms with Crippen LogP contribution in [0.4, 0.5) is 5.69 Å². The number of aromatic amines is 1. The highest BCUT2D eigenvalue weighted by Gasteiger charge is 2.06. The summed E-state index contributed by atoms with van der Waals surface area (Å²) in [4.78, 5) is 15.9. The first-order chi connectivity index (χ1) is 9.19. The quantitative estimate of drug-likeness (QED) is 0.756. The first kappa shape index (κ1) is 13.2. The van der Waals surface area contributed by atoms with Crippen molar-refractivity contribution in [3.05, 3.63) is 30.1 Å². The lowest BCUT2D eigenvalue weighted by Crippen LogP contribution is -2.27. The topological polar surface area (TPSA) is 82.7 Å². The third-order valence-corrected chi connectivity index (χ3v) is 2.54. The first-order valence-corrected chi connectivity index (χ1v) is 6.19. The lowest BCUT2D eigenvalue weighted by Gasteiger charge is -2.06. The smallest absolute Gasteiger partial charge is 0.238 e. The van der Waals surface area contributed by atoms with Gasteiger partial charge in [0, 0.05) is 11.3 Å². The summed E-state index contributed by atoms with van der Waals surface area (Å²) >= 11 is 0. The summed E-state index contributed by atoms with van der Waals surface area (Å²) in [5.41, 5.74) is 1.61. The van der Waals surface area contributed by atoms with Crippen LogP contribution in [0.15, 0.2) is 24.3 Å². The van der Waals surface area contributed by atoms with Crippen LogP contribution in [-0.4, -0.2) is 34.2 Å². The summed E-state index contributed by atoms with van der Waals surface area (Å²) in [6, 6.07) is 7.46. The van der Waals surface area contributed by atoms with Crippen molar-refractivity contribution < 1.29 is 4.79 Å². The Morgan fingerprint density at radius 1 is 1.42 bits per heavy atom. The van der Waals surface area contributed by atoms with Gasteiger partial charge in [-0.05, 0) is 25.6 Å². The molecule has 0 spiro atoms. The molecule has 6 heteroatoms. The SMILES string of the molecule is CCNCC(=O)Nc1cccc(-c2n[nH]c(C)n2)c1. The Morgan fingerprint density at radius 2 is 2.26 bits per heavy atom. The molecule has 100 valence electrons. The fraction of sp³-hybridized carbons (Fsp3) is 0.308. The van der Waals surface area contributed by atoms with Crippen molar-refractivity contribution in [1.82, 2.24) is 20.5 Å². The number of nitrogens with zero attached hydrogens (tertiary/aromatic N) is 2. The number of carbonyl (C=O) groups is 1. The predicted molar refractivity (Wildman–Crippen MR) is 73.7 cm³/mol. The minimum Gasteiger partial charge on any atom is -0.325 e. The van der Waals surface area contributed by atoms with Gasteiger partial charge in [-0.1, -0.05) is 19.1 Å². The number of hydrogen-bond acceptors (Lipinski definition) is 4. The second-order valence-corrected chi connectivity index (χ2v) is 4.15. The summed E-state index contributed by atoms with van der Waals surface area (Å²) in [6.07, 6.45) is 0. The van der Waals surface area contributed by atoms with Crippen LogP contribution in [0.25, 0.3) is 11.4 Å². The Bertz CT molecular complexity index is 564. The number of aromatic nitrogens is 3. The summed E-state index contributed by atoms with van der Waals surface area (Å²) in [5, 5.41) is 12.7. The van der Waals surface area contributed by atoms with Gasteiger partial charge in [-0.15, -0.1) is 0 Å². The van der Waals surface area contributed by atoms with Crippen LogP contribution in [0.1, 0.15) is 12.7 Å². The highest BCUT2D eigenvalue weighted by molar-refractivity contribution is 5.92. The van der Waals surface area contributed by atoms with E-state index in [1.54, 1.807) is 0 Å². The molecule has 0 aliphatic carbocycles. The standard InChI is InChI=1S/C13H17N5O/c1-3-14-8-12(19)16-11-6-4-5-10(7-11)13-15-9(2)17-18-13/h4-7,14H,3,8H2,1-2H3,(H,16,19)(H,15,17,18). The fourth-order valence-electron chi connectivity index (χ4n) is 1.65. The maximum Gasteiger partial charge on any atom is 0.238 e. The number of nitrogens with one attached hydrogen (secondary N) is 3. The molecule has 2 aromatic rings. The zero-order valence-corrected chi connectivity index (χ0v) is 11.0. The van der Waals surface area contributed by atoms with E-state index in [-0.39, 0.29) is 5.91 Å². The van der Waals surface area contributed by atoms with Crippen LogP contribution in [-0.2, 0) is 4.79 Å². The third kappa shape index (κ3) is 3.62. The Hall–Kier alpha value is -2.21. The third-order valence-electron chi connectivity index (χ3n) is 2.54. The number of amides is 1. The average Bonchev–Trinajstić information content (AvgIpc) is 2.83. The minimum absolute atomic E-state index is 0.0647. The summed E-state index contributed by atoms with van der Waals surface area (Å²) < 4.78 is 0. The number of anilines is 1. The molecule has 1 heterocycles. The van der Waals surface area contributed by atoms with Crippen molar-refractivity contribution in [2.45, 2.75) is 13.8 Å². The second kappa shape index (κ2) is 6.10. The van der Waals surface area contributed by atoms with Crippen molar-refractivity contribution in [3.8, 4) is 11.4 Å². The number of rotatable bonds is 5. The van der Waals surface area contributed by atoms with E-state index >= 15 is 0 Å². The first-order valence-electron chi connectivity index (χ1n) is 6.19. The van der Waals surface area contributed by atoms with Gasteiger partial charge < -0.3 is 10.6 Å². The van der Waals surface area contributed by atoms with Gasteiger partial charge in [-0.2, -0.15) is 5.10 Å². The van der Waals surface area contributed by atoms with E-state index in [1.165, 1.54) is 0 Å². The molecule has 0 atom stereocenters. The van der Waals surface area contributed by atoms with E-state index in [1.807, 2.05) is 38.1 Å². The van der Waals surface area contributed by atoms with Gasteiger partial charge >= 0.3 is 0 Å². The number of aryl methyl sites for hydroxylation is 1. The summed E-state index contributed by atoms with van der Waals surface area (Å²) in [6.45, 7) is 4.88. The van der Waals surface area contributed by atoms with E-state index in [0.29, 0.717) is 12.4 Å². The van der Waals surface area contributed by atoms with Crippen LogP contribution in [0, 0.1) is 6.92 Å². The monoisotopic (exact) mass is 259 g/mol. The minimum atomic E-state index is -0.0647. The Kier molecular flexibility index (Phi) is 4.25. The van der Waals surface area contributed by atoms with Crippen LogP contribution in [0.2, 0.25) is 0 Å². The van der Waals surface area contributed by atoms with E-state index in [2.05, 4.69) is 25.8 Å². The van der Waals surface area contributed by atoms with E-state index in [4.69, 9.17) is 0 Å². The molecule has 0 fully saturated rings. The molecule has 1 amide bonds. The number of hydrogen-bond donors (Lipinski definition) is 3. The molecule has 2 rings (SSSR count). The summed E-state index contributed by atoms with van der Waals surface area (Å²) in [7, 11) is 0. The van der Waals surface area contributed by atoms with Crippen LogP contribution in [0.5, 0.6) is 0 Å². The zero-order valence-electron chi connectivity index (χ0n) is 11.0. The summed E-state index contributed by atoms with van der Waals surface area (Å²) in [5.74, 6) is 1.32. The lowest BCUT2D eigenvalue weighted by atomic mass is 10.2. The van der Waals surface area contributed by atoms with Crippen molar-refractivity contribution in [2.75, 3.05) is 18.4 Å². The van der Waals surface area contributed by atoms with Gasteiger partial charge in [-0.25, -0.2) is 4.98 Å². The van der Waals surface area contributed by atoms with Crippen molar-refractivity contribution in [2.24, 2.45) is 0 Å². The van der Waals surface area contributed by atoms with E-state index in [0.717, 1.165) is 23.6 Å². The Morgan fingerprint density at radius 3 is 2.95 bits per heavy atom. The van der Waals surface area contributed by atoms with Crippen molar-refractivity contribution in [3.63, 3.8) is 0 Å². The number of carbonyl (C=O) groups excluding carboxylic acids is 1. The van der Waals surface area contributed by atoms with Crippen LogP contribution in [0.3, 0.4) is 0 Å². The van der Waals surface area contributed by atoms with Crippen molar-refractivity contribution >= 4 is 11.6 Å². The maximum atomic E-state index is 11.6. The molecule has 0 radical (unpaired) electrons. The maximum absolute atomic E-state index is 11.6. The van der Waals surface area contributed by atoms with Gasteiger partial charge in [-0.3, -0.25) is 9.89 Å². The van der Waals surface area contributed by atoms with Crippen LogP contribution < -0.4 is 10.6 Å². The molecule has 3 N–H and O–H groups in total. The molecule has 1 aromatic carbocycles. The van der Waals surface area contributed by atoms with Crippen molar-refractivity contribution in [1.29, 1.82) is 0 Å². The van der Waals surface area contributed by atoms with Gasteiger partial charge in [0.05, 0.1) is 6.54 Å². The highest BCUT2D eigenvalue weighted by atomic mass is 16.1. The molecule has 0 aliphatic rings. The number of likely N-dealkylation sites (N-methyl/N-ethyl adjacent to an activating group) is 1. The lowest BCUT2D eigenvalue weighted by molar-refractivity contribution is -0.115. The van der Waals surface area contributed by atoms with E-state index < -0.39 is 0 Å². The molecule has 0 bridgehead atoms. The molecule has 19 heavy (non-hydrogen) atoms. The highest BCUT2D eigenvalue weighted by Crippen LogP contribution is 2.19. The molecule has 0 unspecified atom stereocenters.